The molecule has 0 aromatic carbocycles. The largest absolute Gasteiger partial charge is 0.400 e. The van der Waals surface area contributed by atoms with Crippen LogP contribution in [0.25, 0.3) is 0 Å². The van der Waals surface area contributed by atoms with Gasteiger partial charge in [-0.1, -0.05) is 0 Å². The summed E-state index contributed by atoms with van der Waals surface area (Å²) < 4.78 is 72.8. The van der Waals surface area contributed by atoms with Crippen LogP contribution in [0, 0.1) is 11.8 Å². The fraction of sp³-hybridized carbons (Fsp3) is 1.00. The summed E-state index contributed by atoms with van der Waals surface area (Å²) in [6, 6.07) is 0. The van der Waals surface area contributed by atoms with Gasteiger partial charge in [0.1, 0.15) is 0 Å². The summed E-state index contributed by atoms with van der Waals surface area (Å²) in [6.45, 7) is 0.732. The second-order valence-electron chi connectivity index (χ2n) is 3.73. The first-order valence-electron chi connectivity index (χ1n) is 4.55. The summed E-state index contributed by atoms with van der Waals surface area (Å²) in [5.74, 6) is -3.71. The lowest BCUT2D eigenvalue weighted by molar-refractivity contribution is -0.288. The quantitative estimate of drug-likeness (QED) is 0.725. The molecule has 1 N–H and O–H groups in total. The summed E-state index contributed by atoms with van der Waals surface area (Å²) in [6.07, 6.45) is -10.9. The maximum atomic E-state index is 12.1. The molecule has 0 aliphatic carbocycles. The van der Waals surface area contributed by atoms with Crippen LogP contribution in [0.4, 0.5) is 26.3 Å². The van der Waals surface area contributed by atoms with Gasteiger partial charge in [-0.2, -0.15) is 26.3 Å². The molecule has 1 rings (SSSR count). The zero-order valence-corrected chi connectivity index (χ0v) is 7.75. The number of nitrogens with one attached hydrogen (secondary N) is 1. The SMILES string of the molecule is FC(F)(F)C(CC1CCNC1)C(F)(F)F. The van der Waals surface area contributed by atoms with Crippen molar-refractivity contribution in [3.05, 3.63) is 0 Å². The molecular weight excluding hydrogens is 224 g/mol. The molecule has 1 aliphatic rings. The van der Waals surface area contributed by atoms with Gasteiger partial charge in [-0.15, -0.1) is 0 Å². The highest BCUT2D eigenvalue weighted by molar-refractivity contribution is 4.81. The molecule has 0 saturated carbocycles. The average molecular weight is 235 g/mol. The molecule has 1 aliphatic heterocycles. The molecule has 1 fully saturated rings. The van der Waals surface area contributed by atoms with Crippen LogP contribution in [-0.2, 0) is 0 Å². The van der Waals surface area contributed by atoms with E-state index in [-0.39, 0.29) is 6.54 Å². The molecule has 1 unspecified atom stereocenters. The normalized spacial score (nSPS) is 23.8. The third-order valence-corrected chi connectivity index (χ3v) is 2.52. The van der Waals surface area contributed by atoms with Gasteiger partial charge < -0.3 is 5.32 Å². The van der Waals surface area contributed by atoms with Crippen molar-refractivity contribution in [1.29, 1.82) is 0 Å². The molecule has 7 heteroatoms. The number of hydrogen-bond donors (Lipinski definition) is 1. The Morgan fingerprint density at radius 2 is 1.60 bits per heavy atom. The van der Waals surface area contributed by atoms with Gasteiger partial charge in [0.05, 0.1) is 0 Å². The van der Waals surface area contributed by atoms with Gasteiger partial charge in [0.2, 0.25) is 0 Å². The lowest BCUT2D eigenvalue weighted by Crippen LogP contribution is -2.38. The van der Waals surface area contributed by atoms with Crippen molar-refractivity contribution in [3.8, 4) is 0 Å². The maximum absolute atomic E-state index is 12.1. The molecule has 1 heterocycles. The second-order valence-corrected chi connectivity index (χ2v) is 3.73. The third-order valence-electron chi connectivity index (χ3n) is 2.52. The Balaban J connectivity index is 2.65. The van der Waals surface area contributed by atoms with E-state index >= 15 is 0 Å². The smallest absolute Gasteiger partial charge is 0.316 e. The molecule has 0 aromatic rings. The Morgan fingerprint density at radius 3 is 1.93 bits per heavy atom. The first-order chi connectivity index (χ1) is 6.71. The average Bonchev–Trinajstić information content (AvgIpc) is 2.46. The molecular formula is C8H11F6N. The van der Waals surface area contributed by atoms with Crippen LogP contribution in [0.3, 0.4) is 0 Å². The van der Waals surface area contributed by atoms with Crippen LogP contribution in [0.2, 0.25) is 0 Å². The van der Waals surface area contributed by atoms with E-state index in [4.69, 9.17) is 0 Å². The van der Waals surface area contributed by atoms with Gasteiger partial charge in [0.25, 0.3) is 0 Å². The standard InChI is InChI=1S/C8H11F6N/c9-7(10,11)6(8(12,13)14)3-5-1-2-15-4-5/h5-6,15H,1-4H2. The molecule has 1 atom stereocenters. The van der Waals surface area contributed by atoms with Crippen molar-refractivity contribution in [1.82, 2.24) is 5.32 Å². The van der Waals surface area contributed by atoms with Gasteiger partial charge in [-0.3, -0.25) is 0 Å². The van der Waals surface area contributed by atoms with E-state index in [0.717, 1.165) is 0 Å². The van der Waals surface area contributed by atoms with E-state index < -0.39 is 30.6 Å². The minimum atomic E-state index is -5.19. The highest BCUT2D eigenvalue weighted by Crippen LogP contribution is 2.43. The summed E-state index contributed by atoms with van der Waals surface area (Å²) in [5.41, 5.74) is 0. The lowest BCUT2D eigenvalue weighted by Gasteiger charge is -2.25. The highest BCUT2D eigenvalue weighted by Gasteiger charge is 2.56. The topological polar surface area (TPSA) is 12.0 Å². The van der Waals surface area contributed by atoms with Crippen molar-refractivity contribution in [3.63, 3.8) is 0 Å². The van der Waals surface area contributed by atoms with Crippen LogP contribution in [-0.4, -0.2) is 25.4 Å². The Labute approximate surface area is 82.8 Å². The van der Waals surface area contributed by atoms with Crippen LogP contribution >= 0.6 is 0 Å². The molecule has 90 valence electrons. The first-order valence-corrected chi connectivity index (χ1v) is 4.55. The van der Waals surface area contributed by atoms with E-state index in [2.05, 4.69) is 5.32 Å². The van der Waals surface area contributed by atoms with Gasteiger partial charge in [0.15, 0.2) is 5.92 Å². The maximum Gasteiger partial charge on any atom is 0.400 e. The number of hydrogen-bond acceptors (Lipinski definition) is 1. The number of alkyl halides is 6. The van der Waals surface area contributed by atoms with Gasteiger partial charge in [-0.25, -0.2) is 0 Å². The van der Waals surface area contributed by atoms with Crippen LogP contribution in [0.5, 0.6) is 0 Å². The van der Waals surface area contributed by atoms with Crippen molar-refractivity contribution in [2.24, 2.45) is 11.8 Å². The lowest BCUT2D eigenvalue weighted by atomic mass is 9.93. The van der Waals surface area contributed by atoms with Crippen LogP contribution in [0.15, 0.2) is 0 Å². The fourth-order valence-electron chi connectivity index (χ4n) is 1.70. The zero-order valence-electron chi connectivity index (χ0n) is 7.75. The van der Waals surface area contributed by atoms with Crippen LogP contribution in [0.1, 0.15) is 12.8 Å². The summed E-state index contributed by atoms with van der Waals surface area (Å²) >= 11 is 0. The molecule has 15 heavy (non-hydrogen) atoms. The van der Waals surface area contributed by atoms with Gasteiger partial charge >= 0.3 is 12.4 Å². The van der Waals surface area contributed by atoms with E-state index in [1.54, 1.807) is 0 Å². The number of rotatable bonds is 2. The van der Waals surface area contributed by atoms with Crippen molar-refractivity contribution in [2.45, 2.75) is 25.2 Å². The Kier molecular flexibility index (Phi) is 3.52. The highest BCUT2D eigenvalue weighted by atomic mass is 19.4. The van der Waals surface area contributed by atoms with E-state index in [0.29, 0.717) is 13.0 Å². The first kappa shape index (κ1) is 12.6. The predicted octanol–water partition coefficient (Wildman–Crippen LogP) is 2.73. The molecule has 0 radical (unpaired) electrons. The van der Waals surface area contributed by atoms with E-state index in [1.165, 1.54) is 0 Å². The summed E-state index contributed by atoms with van der Waals surface area (Å²) in [5, 5.41) is 2.75. The van der Waals surface area contributed by atoms with Crippen molar-refractivity contribution >= 4 is 0 Å². The van der Waals surface area contributed by atoms with Gasteiger partial charge in [-0.05, 0) is 31.8 Å². The minimum Gasteiger partial charge on any atom is -0.316 e. The zero-order chi connectivity index (χ0) is 11.7. The van der Waals surface area contributed by atoms with Crippen molar-refractivity contribution < 1.29 is 26.3 Å². The molecule has 0 aromatic heterocycles. The second kappa shape index (κ2) is 4.19. The number of halogens is 6. The van der Waals surface area contributed by atoms with E-state index in [9.17, 15) is 26.3 Å². The van der Waals surface area contributed by atoms with Crippen molar-refractivity contribution in [2.75, 3.05) is 13.1 Å². The molecule has 0 bridgehead atoms. The Hall–Kier alpha value is -0.460. The molecule has 1 nitrogen and oxygen atoms in total. The van der Waals surface area contributed by atoms with E-state index in [1.807, 2.05) is 0 Å². The summed E-state index contributed by atoms with van der Waals surface area (Å²) in [4.78, 5) is 0. The van der Waals surface area contributed by atoms with Gasteiger partial charge in [0, 0.05) is 0 Å². The Morgan fingerprint density at radius 1 is 1.07 bits per heavy atom. The monoisotopic (exact) mass is 235 g/mol. The van der Waals surface area contributed by atoms with Crippen LogP contribution < -0.4 is 5.32 Å². The Bertz CT molecular complexity index is 188. The third kappa shape index (κ3) is 3.55. The molecule has 0 amide bonds. The molecule has 1 saturated heterocycles. The minimum absolute atomic E-state index is 0.239. The predicted molar refractivity (Wildman–Crippen MR) is 41.2 cm³/mol. The summed E-state index contributed by atoms with van der Waals surface area (Å²) in [7, 11) is 0. The molecule has 0 spiro atoms. The fourth-order valence-corrected chi connectivity index (χ4v) is 1.70.